The largest absolute Gasteiger partial charge is 0.273 e. The summed E-state index contributed by atoms with van der Waals surface area (Å²) in [5.74, 6) is -0.838. The van der Waals surface area contributed by atoms with E-state index in [4.69, 9.17) is 0 Å². The number of allylic oxidation sites excluding steroid dienone is 3. The van der Waals surface area contributed by atoms with Crippen LogP contribution in [0.1, 0.15) is 25.0 Å². The summed E-state index contributed by atoms with van der Waals surface area (Å²) in [7, 11) is 0. The van der Waals surface area contributed by atoms with Crippen molar-refractivity contribution >= 4 is 17.5 Å². The zero-order valence-electron chi connectivity index (χ0n) is 15.4. The lowest BCUT2D eigenvalue weighted by molar-refractivity contribution is -0.122. The highest BCUT2D eigenvalue weighted by Crippen LogP contribution is 2.33. The number of hydrogen-bond donors (Lipinski definition) is 0. The fourth-order valence-corrected chi connectivity index (χ4v) is 3.10. The number of carbonyl (C=O) groups excluding carboxylic acids is 2. The fraction of sp³-hybridized carbons (Fsp3) is 0.217. The second kappa shape index (κ2) is 7.52. The quantitative estimate of drug-likeness (QED) is 0.599. The third-order valence-electron chi connectivity index (χ3n) is 4.51. The van der Waals surface area contributed by atoms with Gasteiger partial charge >= 0.3 is 0 Å². The second-order valence-electron chi connectivity index (χ2n) is 6.92. The van der Waals surface area contributed by atoms with Gasteiger partial charge < -0.3 is 0 Å². The number of carbonyl (C=O) groups is 2. The van der Waals surface area contributed by atoms with Gasteiger partial charge in [-0.05, 0) is 44.9 Å². The maximum absolute atomic E-state index is 13.1. The topological polar surface area (TPSA) is 37.4 Å². The van der Waals surface area contributed by atoms with Crippen LogP contribution >= 0.6 is 0 Å². The fourth-order valence-electron chi connectivity index (χ4n) is 3.10. The minimum absolute atomic E-state index is 0.156. The van der Waals surface area contributed by atoms with Gasteiger partial charge in [0.1, 0.15) is 0 Å². The Bertz CT molecular complexity index is 872. The third-order valence-corrected chi connectivity index (χ3v) is 4.51. The van der Waals surface area contributed by atoms with Crippen LogP contribution in [0.4, 0.5) is 5.69 Å². The Hall–Kier alpha value is -2.94. The van der Waals surface area contributed by atoms with Crippen molar-refractivity contribution in [3.8, 4) is 0 Å². The molecule has 26 heavy (non-hydrogen) atoms. The molecule has 0 radical (unpaired) electrons. The Balaban J connectivity index is 2.00. The minimum Gasteiger partial charge on any atom is -0.273 e. The molecule has 0 aliphatic carbocycles. The van der Waals surface area contributed by atoms with Crippen LogP contribution in [-0.2, 0) is 16.0 Å². The van der Waals surface area contributed by atoms with Gasteiger partial charge in [-0.15, -0.1) is 0 Å². The molecule has 0 bridgehead atoms. The van der Waals surface area contributed by atoms with Crippen molar-refractivity contribution in [2.75, 3.05) is 4.90 Å². The number of amides is 2. The monoisotopic (exact) mass is 345 g/mol. The molecular formula is C23H23NO2. The molecule has 3 heteroatoms. The number of anilines is 1. The van der Waals surface area contributed by atoms with Crippen molar-refractivity contribution in [1.82, 2.24) is 0 Å². The molecule has 2 amide bonds. The summed E-state index contributed by atoms with van der Waals surface area (Å²) < 4.78 is 0. The lowest BCUT2D eigenvalue weighted by Crippen LogP contribution is -2.30. The summed E-state index contributed by atoms with van der Waals surface area (Å²) in [6.45, 7) is 5.93. The molecule has 1 fully saturated rings. The van der Waals surface area contributed by atoms with Crippen molar-refractivity contribution in [3.05, 3.63) is 89.0 Å². The molecule has 0 N–H and O–H groups in total. The summed E-state index contributed by atoms with van der Waals surface area (Å²) in [6.07, 6.45) is 4.23. The molecule has 1 aliphatic rings. The highest BCUT2D eigenvalue weighted by Gasteiger charge is 2.43. The zero-order valence-corrected chi connectivity index (χ0v) is 15.4. The summed E-state index contributed by atoms with van der Waals surface area (Å²) in [5.41, 5.74) is 4.41. The predicted molar refractivity (Wildman–Crippen MR) is 105 cm³/mol. The number of rotatable bonds is 4. The van der Waals surface area contributed by atoms with Crippen LogP contribution in [0, 0.1) is 12.8 Å². The normalized spacial score (nSPS) is 18.5. The van der Waals surface area contributed by atoms with Crippen molar-refractivity contribution in [2.24, 2.45) is 5.92 Å². The van der Waals surface area contributed by atoms with Gasteiger partial charge in [-0.1, -0.05) is 65.8 Å². The zero-order chi connectivity index (χ0) is 18.7. The molecule has 1 unspecified atom stereocenters. The maximum Gasteiger partial charge on any atom is 0.261 e. The van der Waals surface area contributed by atoms with Gasteiger partial charge in [0, 0.05) is 5.57 Å². The molecule has 1 atom stereocenters. The lowest BCUT2D eigenvalue weighted by atomic mass is 9.93. The Morgan fingerprint density at radius 1 is 1.00 bits per heavy atom. The van der Waals surface area contributed by atoms with Crippen LogP contribution < -0.4 is 4.90 Å². The van der Waals surface area contributed by atoms with Gasteiger partial charge in [0.2, 0.25) is 5.91 Å². The SMILES string of the molecule is CC(C)=C/C=C1/C(=O)N(c2ccc(C)cc2)C(=O)C1Cc1ccccc1. The van der Waals surface area contributed by atoms with Crippen molar-refractivity contribution in [1.29, 1.82) is 0 Å². The Labute approximate surface area is 154 Å². The maximum atomic E-state index is 13.1. The van der Waals surface area contributed by atoms with E-state index in [-0.39, 0.29) is 11.8 Å². The van der Waals surface area contributed by atoms with Gasteiger partial charge in [0.25, 0.3) is 5.91 Å². The van der Waals surface area contributed by atoms with E-state index in [1.807, 2.05) is 81.4 Å². The Morgan fingerprint density at radius 3 is 2.27 bits per heavy atom. The number of benzene rings is 2. The smallest absolute Gasteiger partial charge is 0.261 e. The van der Waals surface area contributed by atoms with E-state index in [9.17, 15) is 9.59 Å². The first-order chi connectivity index (χ1) is 12.5. The van der Waals surface area contributed by atoms with Crippen LogP contribution in [0.3, 0.4) is 0 Å². The van der Waals surface area contributed by atoms with E-state index in [1.54, 1.807) is 6.08 Å². The van der Waals surface area contributed by atoms with Crippen LogP contribution in [0.25, 0.3) is 0 Å². The first-order valence-corrected chi connectivity index (χ1v) is 8.81. The molecule has 0 saturated carbocycles. The van der Waals surface area contributed by atoms with Gasteiger partial charge in [0.05, 0.1) is 11.6 Å². The van der Waals surface area contributed by atoms with Crippen LogP contribution in [0.5, 0.6) is 0 Å². The summed E-state index contributed by atoms with van der Waals surface area (Å²) in [4.78, 5) is 27.4. The van der Waals surface area contributed by atoms with Crippen molar-refractivity contribution in [3.63, 3.8) is 0 Å². The molecule has 2 aromatic rings. The second-order valence-corrected chi connectivity index (χ2v) is 6.92. The number of imide groups is 1. The first-order valence-electron chi connectivity index (χ1n) is 8.81. The van der Waals surface area contributed by atoms with E-state index >= 15 is 0 Å². The van der Waals surface area contributed by atoms with E-state index in [1.165, 1.54) is 4.90 Å². The molecule has 132 valence electrons. The molecule has 1 heterocycles. The van der Waals surface area contributed by atoms with Crippen molar-refractivity contribution in [2.45, 2.75) is 27.2 Å². The molecule has 1 aliphatic heterocycles. The Kier molecular flexibility index (Phi) is 5.17. The predicted octanol–water partition coefficient (Wildman–Crippen LogP) is 4.62. The van der Waals surface area contributed by atoms with Crippen molar-refractivity contribution < 1.29 is 9.59 Å². The average molecular weight is 345 g/mol. The van der Waals surface area contributed by atoms with E-state index in [2.05, 4.69) is 0 Å². The molecule has 1 saturated heterocycles. The van der Waals surface area contributed by atoms with E-state index in [0.717, 1.165) is 16.7 Å². The highest BCUT2D eigenvalue weighted by atomic mass is 16.2. The third kappa shape index (κ3) is 3.67. The van der Waals surface area contributed by atoms with Crippen LogP contribution in [0.15, 0.2) is 77.9 Å². The number of aryl methyl sites for hydroxylation is 1. The standard InChI is InChI=1S/C23H23NO2/c1-16(2)9-14-20-21(15-18-7-5-4-6-8-18)23(26)24(22(20)25)19-12-10-17(3)11-13-19/h4-14,21H,15H2,1-3H3/b20-14+. The van der Waals surface area contributed by atoms with Gasteiger partial charge in [-0.25, -0.2) is 4.90 Å². The summed E-state index contributed by atoms with van der Waals surface area (Å²) in [5, 5.41) is 0. The molecular weight excluding hydrogens is 322 g/mol. The van der Waals surface area contributed by atoms with Gasteiger partial charge in [-0.3, -0.25) is 9.59 Å². The average Bonchev–Trinajstić information content (AvgIpc) is 2.85. The van der Waals surface area contributed by atoms with Crippen LogP contribution in [0.2, 0.25) is 0 Å². The number of hydrogen-bond acceptors (Lipinski definition) is 2. The molecule has 0 spiro atoms. The Morgan fingerprint density at radius 2 is 1.65 bits per heavy atom. The summed E-state index contributed by atoms with van der Waals surface area (Å²) >= 11 is 0. The van der Waals surface area contributed by atoms with E-state index < -0.39 is 5.92 Å². The molecule has 2 aromatic carbocycles. The number of nitrogens with zero attached hydrogens (tertiary/aromatic N) is 1. The molecule has 0 aromatic heterocycles. The van der Waals surface area contributed by atoms with Crippen LogP contribution in [-0.4, -0.2) is 11.8 Å². The van der Waals surface area contributed by atoms with Gasteiger partial charge in [0.15, 0.2) is 0 Å². The highest BCUT2D eigenvalue weighted by molar-refractivity contribution is 6.29. The van der Waals surface area contributed by atoms with E-state index in [0.29, 0.717) is 17.7 Å². The lowest BCUT2D eigenvalue weighted by Gasteiger charge is -2.14. The van der Waals surface area contributed by atoms with Gasteiger partial charge in [-0.2, -0.15) is 0 Å². The summed E-state index contributed by atoms with van der Waals surface area (Å²) in [6, 6.07) is 17.3. The molecule has 3 nitrogen and oxygen atoms in total. The molecule has 3 rings (SSSR count). The first kappa shape index (κ1) is 17.9. The minimum atomic E-state index is -0.457.